The number of carboxylic acids is 1. The maximum Gasteiger partial charge on any atom is 0.340 e. The predicted molar refractivity (Wildman–Crippen MR) is 141 cm³/mol. The number of hydrogen-bond acceptors (Lipinski definition) is 5. The van der Waals surface area contributed by atoms with Crippen LogP contribution in [-0.2, 0) is 22.4 Å². The van der Waals surface area contributed by atoms with Gasteiger partial charge in [0.25, 0.3) is 0 Å². The molecule has 38 heavy (non-hydrogen) atoms. The highest BCUT2D eigenvalue weighted by molar-refractivity contribution is 6.30. The first-order valence-electron chi connectivity index (χ1n) is 11.7. The zero-order valence-electron chi connectivity index (χ0n) is 20.1. The van der Waals surface area contributed by atoms with E-state index in [9.17, 15) is 23.9 Å². The molecule has 0 bridgehead atoms. The minimum absolute atomic E-state index is 0.0498. The molecule has 2 aromatic heterocycles. The van der Waals surface area contributed by atoms with Gasteiger partial charge < -0.3 is 19.3 Å². The average Bonchev–Trinajstić information content (AvgIpc) is 3.29. The molecule has 0 fully saturated rings. The van der Waals surface area contributed by atoms with Gasteiger partial charge in [-0.1, -0.05) is 35.9 Å². The molecule has 2 heterocycles. The molecule has 0 saturated carbocycles. The van der Waals surface area contributed by atoms with E-state index in [0.717, 1.165) is 16.5 Å². The van der Waals surface area contributed by atoms with Crippen molar-refractivity contribution < 1.29 is 27.9 Å². The fourth-order valence-corrected chi connectivity index (χ4v) is 4.56. The van der Waals surface area contributed by atoms with E-state index in [1.165, 1.54) is 12.1 Å². The molecule has 9 heteroatoms. The van der Waals surface area contributed by atoms with Crippen LogP contribution in [-0.4, -0.2) is 23.0 Å². The fraction of sp³-hybridized carbons (Fsp3) is 0.138. The molecule has 5 aromatic rings. The molecule has 2 N–H and O–H groups in total. The first kappa shape index (κ1) is 25.2. The van der Waals surface area contributed by atoms with Gasteiger partial charge in [0.2, 0.25) is 5.91 Å². The summed E-state index contributed by atoms with van der Waals surface area (Å²) in [4.78, 5) is 37.4. The van der Waals surface area contributed by atoms with E-state index in [1.807, 2.05) is 0 Å². The summed E-state index contributed by atoms with van der Waals surface area (Å²) in [6.07, 6.45) is 1.24. The molecule has 0 saturated heterocycles. The molecule has 1 atom stereocenters. The Morgan fingerprint density at radius 2 is 1.74 bits per heavy atom. The largest absolute Gasteiger partial charge is 0.480 e. The van der Waals surface area contributed by atoms with Gasteiger partial charge in [0, 0.05) is 33.8 Å². The lowest BCUT2D eigenvalue weighted by Crippen LogP contribution is -2.43. The van der Waals surface area contributed by atoms with Gasteiger partial charge in [-0.05, 0) is 53.9 Å². The Morgan fingerprint density at radius 3 is 2.42 bits per heavy atom. The van der Waals surface area contributed by atoms with E-state index >= 15 is 0 Å². The van der Waals surface area contributed by atoms with Crippen LogP contribution in [0, 0.1) is 12.7 Å². The van der Waals surface area contributed by atoms with Crippen molar-refractivity contribution in [3.8, 4) is 11.1 Å². The molecule has 1 amide bonds. The van der Waals surface area contributed by atoms with Crippen LogP contribution in [0.5, 0.6) is 0 Å². The summed E-state index contributed by atoms with van der Waals surface area (Å²) in [7, 11) is 0. The predicted octanol–water partition coefficient (Wildman–Crippen LogP) is 5.66. The quantitative estimate of drug-likeness (QED) is 0.261. The normalized spacial score (nSPS) is 12.1. The standard InChI is InChI=1S/C29H21ClFNO6/c1-15-20-11-22-23(17-4-8-19(31)9-5-17)14-37-25(22)13-26(20)38-29(36)21(15)12-27(33)32-24(28(34)35)10-16-2-6-18(30)7-3-16/h2-9,11,13-14,24H,10,12H2,1H3,(H,32,33)(H,34,35)/t24-/m0/s1. The van der Waals surface area contributed by atoms with Crippen LogP contribution >= 0.6 is 11.6 Å². The zero-order chi connectivity index (χ0) is 27.0. The molecule has 192 valence electrons. The summed E-state index contributed by atoms with van der Waals surface area (Å²) >= 11 is 5.88. The second-order valence-electron chi connectivity index (χ2n) is 8.96. The van der Waals surface area contributed by atoms with E-state index in [-0.39, 0.29) is 29.8 Å². The van der Waals surface area contributed by atoms with Crippen LogP contribution in [0.4, 0.5) is 4.39 Å². The van der Waals surface area contributed by atoms with Crippen molar-refractivity contribution >= 4 is 45.4 Å². The van der Waals surface area contributed by atoms with Gasteiger partial charge in [-0.25, -0.2) is 14.0 Å². The van der Waals surface area contributed by atoms with Crippen molar-refractivity contribution in [1.29, 1.82) is 0 Å². The van der Waals surface area contributed by atoms with Crippen molar-refractivity contribution in [3.63, 3.8) is 0 Å². The number of carboxylic acid groups (broad SMARTS) is 1. The molecular formula is C29H21ClFNO6. The van der Waals surface area contributed by atoms with Gasteiger partial charge >= 0.3 is 11.6 Å². The second kappa shape index (κ2) is 10.1. The lowest BCUT2D eigenvalue weighted by atomic mass is 9.99. The van der Waals surface area contributed by atoms with Gasteiger partial charge in [0.1, 0.15) is 23.0 Å². The lowest BCUT2D eigenvalue weighted by molar-refractivity contribution is -0.141. The topological polar surface area (TPSA) is 110 Å². The van der Waals surface area contributed by atoms with E-state index in [1.54, 1.807) is 61.7 Å². The summed E-state index contributed by atoms with van der Waals surface area (Å²) < 4.78 is 24.6. The van der Waals surface area contributed by atoms with Crippen molar-refractivity contribution in [1.82, 2.24) is 5.32 Å². The summed E-state index contributed by atoms with van der Waals surface area (Å²) in [5, 5.41) is 14.0. The van der Waals surface area contributed by atoms with E-state index < -0.39 is 23.5 Å². The third kappa shape index (κ3) is 5.03. The zero-order valence-corrected chi connectivity index (χ0v) is 20.8. The molecule has 0 unspecified atom stereocenters. The summed E-state index contributed by atoms with van der Waals surface area (Å²) in [5.41, 5.74) is 2.90. The van der Waals surface area contributed by atoms with Gasteiger partial charge in [-0.15, -0.1) is 0 Å². The van der Waals surface area contributed by atoms with Gasteiger partial charge in [0.05, 0.1) is 18.2 Å². The first-order chi connectivity index (χ1) is 18.2. The van der Waals surface area contributed by atoms with E-state index in [4.69, 9.17) is 20.4 Å². The highest BCUT2D eigenvalue weighted by atomic mass is 35.5. The van der Waals surface area contributed by atoms with E-state index in [0.29, 0.717) is 27.1 Å². The monoisotopic (exact) mass is 533 g/mol. The van der Waals surface area contributed by atoms with Gasteiger partial charge in [0.15, 0.2) is 0 Å². The van der Waals surface area contributed by atoms with Gasteiger partial charge in [-0.3, -0.25) is 4.79 Å². The average molecular weight is 534 g/mol. The Labute approximate surface area is 220 Å². The van der Waals surface area contributed by atoms with Crippen LogP contribution < -0.4 is 10.9 Å². The van der Waals surface area contributed by atoms with Gasteiger partial charge in [-0.2, -0.15) is 0 Å². The van der Waals surface area contributed by atoms with Crippen molar-refractivity contribution in [2.24, 2.45) is 0 Å². The minimum Gasteiger partial charge on any atom is -0.480 e. The third-order valence-electron chi connectivity index (χ3n) is 6.46. The number of furan rings is 1. The minimum atomic E-state index is -1.20. The molecule has 0 aliphatic rings. The number of nitrogens with one attached hydrogen (secondary N) is 1. The maximum atomic E-state index is 13.4. The molecule has 3 aromatic carbocycles. The summed E-state index contributed by atoms with van der Waals surface area (Å²) in [5.74, 6) is -2.19. The Bertz CT molecular complexity index is 1740. The molecule has 0 aliphatic heterocycles. The molecule has 7 nitrogen and oxygen atoms in total. The van der Waals surface area contributed by atoms with Crippen molar-refractivity contribution in [3.05, 3.63) is 105 Å². The molecular weight excluding hydrogens is 513 g/mol. The number of fused-ring (bicyclic) bond motifs is 2. The number of amides is 1. The fourth-order valence-electron chi connectivity index (χ4n) is 4.43. The number of hydrogen-bond donors (Lipinski definition) is 2. The van der Waals surface area contributed by atoms with Crippen LogP contribution in [0.25, 0.3) is 33.1 Å². The Morgan fingerprint density at radius 1 is 1.03 bits per heavy atom. The smallest absolute Gasteiger partial charge is 0.340 e. The van der Waals surface area contributed by atoms with Crippen LogP contribution in [0.3, 0.4) is 0 Å². The van der Waals surface area contributed by atoms with Crippen LogP contribution in [0.15, 0.2) is 80.6 Å². The molecule has 0 spiro atoms. The Hall–Kier alpha value is -4.43. The maximum absolute atomic E-state index is 13.4. The number of aryl methyl sites for hydroxylation is 1. The van der Waals surface area contributed by atoms with Crippen LogP contribution in [0.2, 0.25) is 5.02 Å². The summed E-state index contributed by atoms with van der Waals surface area (Å²) in [6, 6.07) is 14.8. The number of aliphatic carboxylic acids is 1. The first-order valence-corrected chi connectivity index (χ1v) is 12.1. The number of carbonyl (C=O) groups excluding carboxylic acids is 1. The van der Waals surface area contributed by atoms with Crippen molar-refractivity contribution in [2.45, 2.75) is 25.8 Å². The Balaban J connectivity index is 1.45. The SMILES string of the molecule is Cc1c(CC(=O)N[C@@H](Cc2ccc(Cl)cc2)C(=O)O)c(=O)oc2cc3occ(-c4ccc(F)cc4)c3cc12. The highest BCUT2D eigenvalue weighted by Crippen LogP contribution is 2.34. The molecule has 0 radical (unpaired) electrons. The van der Waals surface area contributed by atoms with Crippen LogP contribution in [0.1, 0.15) is 16.7 Å². The molecule has 0 aliphatic carbocycles. The summed E-state index contributed by atoms with van der Waals surface area (Å²) in [6.45, 7) is 1.70. The van der Waals surface area contributed by atoms with Crippen molar-refractivity contribution in [2.75, 3.05) is 0 Å². The number of benzene rings is 3. The van der Waals surface area contributed by atoms with E-state index in [2.05, 4.69) is 5.32 Å². The number of halogens is 2. The Kier molecular flexibility index (Phi) is 6.73. The second-order valence-corrected chi connectivity index (χ2v) is 9.40. The molecule has 5 rings (SSSR count). The third-order valence-corrected chi connectivity index (χ3v) is 6.71. The number of carbonyl (C=O) groups is 2. The number of rotatable bonds is 7. The highest BCUT2D eigenvalue weighted by Gasteiger charge is 2.23. The lowest BCUT2D eigenvalue weighted by Gasteiger charge is -2.15.